The van der Waals surface area contributed by atoms with Crippen molar-refractivity contribution in [2.45, 2.75) is 32.7 Å². The maximum atomic E-state index is 5.80. The Morgan fingerprint density at radius 1 is 1.18 bits per heavy atom. The van der Waals surface area contributed by atoms with Crippen LogP contribution in [0.25, 0.3) is 0 Å². The van der Waals surface area contributed by atoms with E-state index in [0.717, 1.165) is 17.7 Å². The van der Waals surface area contributed by atoms with Gasteiger partial charge < -0.3 is 15.2 Å². The lowest BCUT2D eigenvalue weighted by Crippen LogP contribution is -2.37. The van der Waals surface area contributed by atoms with Gasteiger partial charge in [-0.2, -0.15) is 0 Å². The second kappa shape index (κ2) is 6.62. The maximum absolute atomic E-state index is 5.80. The molecule has 17 heavy (non-hydrogen) atoms. The minimum atomic E-state index is -0.253. The average molecular weight is 237 g/mol. The summed E-state index contributed by atoms with van der Waals surface area (Å²) < 4.78 is 11.1. The Labute approximate surface area is 104 Å². The summed E-state index contributed by atoms with van der Waals surface area (Å²) in [5.41, 5.74) is 6.72. The molecule has 0 aliphatic carbocycles. The van der Waals surface area contributed by atoms with Crippen LogP contribution in [-0.4, -0.2) is 25.4 Å². The van der Waals surface area contributed by atoms with Crippen molar-refractivity contribution in [1.29, 1.82) is 0 Å². The summed E-state index contributed by atoms with van der Waals surface area (Å²) in [6.45, 7) is 7.90. The molecule has 0 aliphatic heterocycles. The Morgan fingerprint density at radius 2 is 1.88 bits per heavy atom. The van der Waals surface area contributed by atoms with Crippen molar-refractivity contribution in [1.82, 2.24) is 0 Å². The molecule has 0 saturated carbocycles. The van der Waals surface area contributed by atoms with Gasteiger partial charge in [0.05, 0.1) is 13.2 Å². The number of hydrogen-bond donors (Lipinski definition) is 1. The van der Waals surface area contributed by atoms with E-state index in [-0.39, 0.29) is 5.54 Å². The van der Waals surface area contributed by atoms with Crippen LogP contribution in [0.2, 0.25) is 0 Å². The molecule has 1 rings (SSSR count). The Balaban J connectivity index is 2.11. The van der Waals surface area contributed by atoms with Gasteiger partial charge in [-0.25, -0.2) is 0 Å². The van der Waals surface area contributed by atoms with Crippen molar-refractivity contribution >= 4 is 0 Å². The molecule has 0 atom stereocenters. The first-order valence-corrected chi connectivity index (χ1v) is 6.04. The Bertz CT molecular complexity index is 331. The first-order valence-electron chi connectivity index (χ1n) is 6.04. The van der Waals surface area contributed by atoms with Crippen molar-refractivity contribution in [2.75, 3.05) is 19.8 Å². The third-order valence-electron chi connectivity index (χ3n) is 2.26. The fourth-order valence-corrected chi connectivity index (χ4v) is 1.40. The van der Waals surface area contributed by atoms with E-state index in [1.165, 1.54) is 0 Å². The number of aryl methyl sites for hydroxylation is 1. The molecule has 0 amide bonds. The van der Waals surface area contributed by atoms with Gasteiger partial charge in [-0.1, -0.05) is 18.2 Å². The largest absolute Gasteiger partial charge is 0.493 e. The van der Waals surface area contributed by atoms with Crippen LogP contribution in [-0.2, 0) is 4.74 Å². The van der Waals surface area contributed by atoms with Crippen molar-refractivity contribution in [3.63, 3.8) is 0 Å². The summed E-state index contributed by atoms with van der Waals surface area (Å²) in [6, 6.07) is 8.02. The van der Waals surface area contributed by atoms with E-state index >= 15 is 0 Å². The molecule has 0 fully saturated rings. The molecule has 96 valence electrons. The smallest absolute Gasteiger partial charge is 0.122 e. The predicted octanol–water partition coefficient (Wildman–Crippen LogP) is 2.52. The Morgan fingerprint density at radius 3 is 2.53 bits per heavy atom. The van der Waals surface area contributed by atoms with Crippen LogP contribution in [0.5, 0.6) is 5.75 Å². The van der Waals surface area contributed by atoms with Crippen LogP contribution >= 0.6 is 0 Å². The van der Waals surface area contributed by atoms with Gasteiger partial charge in [-0.3, -0.25) is 0 Å². The summed E-state index contributed by atoms with van der Waals surface area (Å²) in [5.74, 6) is 0.951. The molecule has 1 aromatic rings. The number of rotatable bonds is 7. The molecule has 0 unspecified atom stereocenters. The van der Waals surface area contributed by atoms with E-state index in [1.54, 1.807) is 0 Å². The van der Waals surface area contributed by atoms with Gasteiger partial charge in [0.1, 0.15) is 5.75 Å². The summed E-state index contributed by atoms with van der Waals surface area (Å²) in [5, 5.41) is 0. The number of nitrogens with two attached hydrogens (primary N) is 1. The number of hydrogen-bond acceptors (Lipinski definition) is 3. The van der Waals surface area contributed by atoms with Crippen LogP contribution < -0.4 is 10.5 Å². The van der Waals surface area contributed by atoms with Crippen LogP contribution in [0, 0.1) is 6.92 Å². The van der Waals surface area contributed by atoms with E-state index in [2.05, 4.69) is 0 Å². The molecular formula is C14H23NO2. The highest BCUT2D eigenvalue weighted by molar-refractivity contribution is 5.31. The van der Waals surface area contributed by atoms with E-state index in [0.29, 0.717) is 19.8 Å². The van der Waals surface area contributed by atoms with Gasteiger partial charge in [0.2, 0.25) is 0 Å². The van der Waals surface area contributed by atoms with E-state index in [1.807, 2.05) is 45.0 Å². The minimum Gasteiger partial charge on any atom is -0.493 e. The zero-order chi connectivity index (χ0) is 12.7. The summed E-state index contributed by atoms with van der Waals surface area (Å²) in [6.07, 6.45) is 0.879. The quantitative estimate of drug-likeness (QED) is 0.741. The minimum absolute atomic E-state index is 0.253. The molecule has 0 spiro atoms. The molecule has 0 bridgehead atoms. The van der Waals surface area contributed by atoms with Gasteiger partial charge in [0, 0.05) is 18.6 Å². The lowest BCUT2D eigenvalue weighted by atomic mass is 10.1. The Kier molecular flexibility index (Phi) is 5.45. The normalized spacial score (nSPS) is 11.5. The topological polar surface area (TPSA) is 44.5 Å². The van der Waals surface area contributed by atoms with Gasteiger partial charge in [0.15, 0.2) is 0 Å². The average Bonchev–Trinajstić information content (AvgIpc) is 2.24. The molecule has 0 radical (unpaired) electrons. The number of benzene rings is 1. The lowest BCUT2D eigenvalue weighted by molar-refractivity contribution is 0.0870. The van der Waals surface area contributed by atoms with Crippen LogP contribution in [0.4, 0.5) is 0 Å². The van der Waals surface area contributed by atoms with Crippen molar-refractivity contribution in [2.24, 2.45) is 5.73 Å². The highest BCUT2D eigenvalue weighted by Crippen LogP contribution is 2.16. The maximum Gasteiger partial charge on any atom is 0.122 e. The first-order chi connectivity index (χ1) is 7.99. The van der Waals surface area contributed by atoms with E-state index in [9.17, 15) is 0 Å². The predicted molar refractivity (Wildman–Crippen MR) is 70.4 cm³/mol. The standard InChI is InChI=1S/C14H23NO2/c1-12-7-4-5-8-13(12)17-10-6-9-16-11-14(2,3)15/h4-5,7-8H,6,9-11,15H2,1-3H3. The monoisotopic (exact) mass is 237 g/mol. The van der Waals surface area contributed by atoms with Gasteiger partial charge in [-0.05, 0) is 32.4 Å². The molecule has 3 heteroatoms. The SMILES string of the molecule is Cc1ccccc1OCCCOCC(C)(C)N. The molecule has 0 aromatic heterocycles. The van der Waals surface area contributed by atoms with Crippen LogP contribution in [0.15, 0.2) is 24.3 Å². The lowest BCUT2D eigenvalue weighted by Gasteiger charge is -2.18. The molecular weight excluding hydrogens is 214 g/mol. The third-order valence-corrected chi connectivity index (χ3v) is 2.26. The molecule has 0 saturated heterocycles. The summed E-state index contributed by atoms with van der Waals surface area (Å²) in [7, 11) is 0. The fourth-order valence-electron chi connectivity index (χ4n) is 1.40. The first kappa shape index (κ1) is 14.0. The zero-order valence-electron chi connectivity index (χ0n) is 11.0. The summed E-state index contributed by atoms with van der Waals surface area (Å²) in [4.78, 5) is 0. The zero-order valence-corrected chi connectivity index (χ0v) is 11.0. The number of ether oxygens (including phenoxy) is 2. The van der Waals surface area contributed by atoms with Crippen LogP contribution in [0.1, 0.15) is 25.8 Å². The van der Waals surface area contributed by atoms with Crippen molar-refractivity contribution in [3.05, 3.63) is 29.8 Å². The van der Waals surface area contributed by atoms with Gasteiger partial charge in [-0.15, -0.1) is 0 Å². The van der Waals surface area contributed by atoms with Crippen LogP contribution in [0.3, 0.4) is 0 Å². The second-order valence-electron chi connectivity index (χ2n) is 5.01. The molecule has 3 nitrogen and oxygen atoms in total. The Hall–Kier alpha value is -1.06. The van der Waals surface area contributed by atoms with Crippen molar-refractivity contribution < 1.29 is 9.47 Å². The van der Waals surface area contributed by atoms with E-state index < -0.39 is 0 Å². The highest BCUT2D eigenvalue weighted by atomic mass is 16.5. The van der Waals surface area contributed by atoms with Gasteiger partial charge >= 0.3 is 0 Å². The highest BCUT2D eigenvalue weighted by Gasteiger charge is 2.09. The molecule has 2 N–H and O–H groups in total. The van der Waals surface area contributed by atoms with E-state index in [4.69, 9.17) is 15.2 Å². The third kappa shape index (κ3) is 6.29. The number of para-hydroxylation sites is 1. The molecule has 1 aromatic carbocycles. The fraction of sp³-hybridized carbons (Fsp3) is 0.571. The second-order valence-corrected chi connectivity index (χ2v) is 5.01. The van der Waals surface area contributed by atoms with Gasteiger partial charge in [0.25, 0.3) is 0 Å². The van der Waals surface area contributed by atoms with Crippen molar-refractivity contribution in [3.8, 4) is 5.75 Å². The summed E-state index contributed by atoms with van der Waals surface area (Å²) >= 11 is 0. The molecule has 0 aliphatic rings. The molecule has 0 heterocycles.